The highest BCUT2D eigenvalue weighted by Crippen LogP contribution is 2.37. The van der Waals surface area contributed by atoms with Crippen molar-refractivity contribution in [1.82, 2.24) is 5.43 Å². The Hall–Kier alpha value is -2.04. The van der Waals surface area contributed by atoms with Crippen LogP contribution in [0.1, 0.15) is 28.3 Å². The van der Waals surface area contributed by atoms with Crippen molar-refractivity contribution in [3.05, 3.63) is 58.7 Å². The van der Waals surface area contributed by atoms with Gasteiger partial charge in [0, 0.05) is 0 Å². The summed E-state index contributed by atoms with van der Waals surface area (Å²) in [7, 11) is 3.29. The van der Waals surface area contributed by atoms with Crippen LogP contribution >= 0.6 is 0 Å². The fourth-order valence-corrected chi connectivity index (χ4v) is 2.45. The molecule has 21 heavy (non-hydrogen) atoms. The molecule has 3 N–H and O–H groups in total. The fraction of sp³-hybridized carbons (Fsp3) is 0.294. The van der Waals surface area contributed by atoms with E-state index >= 15 is 0 Å². The van der Waals surface area contributed by atoms with Crippen molar-refractivity contribution in [3.8, 4) is 11.5 Å². The van der Waals surface area contributed by atoms with Crippen LogP contribution in [0.2, 0.25) is 0 Å². The van der Waals surface area contributed by atoms with Crippen molar-refractivity contribution in [1.29, 1.82) is 0 Å². The molecule has 2 aromatic rings. The van der Waals surface area contributed by atoms with Crippen molar-refractivity contribution in [2.24, 2.45) is 5.84 Å². The van der Waals surface area contributed by atoms with E-state index in [4.69, 9.17) is 15.3 Å². The lowest BCUT2D eigenvalue weighted by molar-refractivity contribution is 0.377. The predicted octanol–water partition coefficient (Wildman–Crippen LogP) is 2.87. The second-order valence-corrected chi connectivity index (χ2v) is 5.02. The van der Waals surface area contributed by atoms with Crippen LogP contribution in [0.25, 0.3) is 0 Å². The van der Waals surface area contributed by atoms with Gasteiger partial charge in [0.1, 0.15) is 11.5 Å². The first-order chi connectivity index (χ1) is 10.1. The van der Waals surface area contributed by atoms with E-state index in [-0.39, 0.29) is 6.04 Å². The molecule has 0 saturated carbocycles. The lowest BCUT2D eigenvalue weighted by Crippen LogP contribution is -2.29. The molecule has 0 radical (unpaired) electrons. The van der Waals surface area contributed by atoms with Crippen LogP contribution in [-0.4, -0.2) is 14.2 Å². The van der Waals surface area contributed by atoms with Gasteiger partial charge < -0.3 is 9.47 Å². The Labute approximate surface area is 125 Å². The number of hydrogen-bond donors (Lipinski definition) is 2. The minimum Gasteiger partial charge on any atom is -0.496 e. The van der Waals surface area contributed by atoms with Crippen molar-refractivity contribution in [3.63, 3.8) is 0 Å². The standard InChI is InChI=1S/C17H22N2O2/c1-11-8-9-13(10-12(11)2)17(19-18)16-14(20-3)6-5-7-15(16)21-4/h5-10,17,19H,18H2,1-4H3. The van der Waals surface area contributed by atoms with Crippen LogP contribution in [0.3, 0.4) is 0 Å². The number of nitrogens with two attached hydrogens (primary N) is 1. The fourth-order valence-electron chi connectivity index (χ4n) is 2.45. The Morgan fingerprint density at radius 1 is 0.952 bits per heavy atom. The smallest absolute Gasteiger partial charge is 0.127 e. The van der Waals surface area contributed by atoms with Crippen LogP contribution in [0, 0.1) is 13.8 Å². The third-order valence-corrected chi connectivity index (χ3v) is 3.79. The van der Waals surface area contributed by atoms with Crippen molar-refractivity contribution >= 4 is 0 Å². The van der Waals surface area contributed by atoms with Gasteiger partial charge in [-0.1, -0.05) is 24.3 Å². The van der Waals surface area contributed by atoms with E-state index < -0.39 is 0 Å². The lowest BCUT2D eigenvalue weighted by atomic mass is 9.94. The van der Waals surface area contributed by atoms with E-state index in [0.717, 1.165) is 22.6 Å². The van der Waals surface area contributed by atoms with Gasteiger partial charge in [-0.05, 0) is 42.7 Å². The Bertz CT molecular complexity index is 604. The number of ether oxygens (including phenoxy) is 2. The van der Waals surface area contributed by atoms with Crippen molar-refractivity contribution in [2.45, 2.75) is 19.9 Å². The molecule has 0 fully saturated rings. The number of nitrogens with one attached hydrogen (secondary N) is 1. The molecular formula is C17H22N2O2. The molecule has 0 amide bonds. The maximum Gasteiger partial charge on any atom is 0.127 e. The first-order valence-corrected chi connectivity index (χ1v) is 6.86. The summed E-state index contributed by atoms with van der Waals surface area (Å²) in [5.41, 5.74) is 7.32. The number of methoxy groups -OCH3 is 2. The number of hydrazine groups is 1. The van der Waals surface area contributed by atoms with E-state index in [9.17, 15) is 0 Å². The minimum atomic E-state index is -0.199. The Morgan fingerprint density at radius 3 is 2.05 bits per heavy atom. The number of rotatable bonds is 5. The Morgan fingerprint density at radius 2 is 1.57 bits per heavy atom. The molecule has 0 aliphatic rings. The highest BCUT2D eigenvalue weighted by Gasteiger charge is 2.21. The van der Waals surface area contributed by atoms with Gasteiger partial charge in [-0.2, -0.15) is 0 Å². The van der Waals surface area contributed by atoms with Gasteiger partial charge in [-0.25, -0.2) is 5.43 Å². The summed E-state index contributed by atoms with van der Waals surface area (Å²) in [5.74, 6) is 7.30. The molecule has 0 bridgehead atoms. The SMILES string of the molecule is COc1cccc(OC)c1C(NN)c1ccc(C)c(C)c1. The summed E-state index contributed by atoms with van der Waals surface area (Å²) in [5, 5.41) is 0. The molecule has 112 valence electrons. The maximum atomic E-state index is 5.81. The average molecular weight is 286 g/mol. The van der Waals surface area contributed by atoms with Crippen LogP contribution in [-0.2, 0) is 0 Å². The van der Waals surface area contributed by atoms with Gasteiger partial charge >= 0.3 is 0 Å². The van der Waals surface area contributed by atoms with Gasteiger partial charge in [0.05, 0.1) is 25.8 Å². The van der Waals surface area contributed by atoms with E-state index in [2.05, 4.69) is 37.5 Å². The quantitative estimate of drug-likeness (QED) is 0.655. The molecule has 0 aromatic heterocycles. The summed E-state index contributed by atoms with van der Waals surface area (Å²) < 4.78 is 10.9. The van der Waals surface area contributed by atoms with E-state index in [1.54, 1.807) is 14.2 Å². The lowest BCUT2D eigenvalue weighted by Gasteiger charge is -2.22. The van der Waals surface area contributed by atoms with Gasteiger partial charge in [-0.3, -0.25) is 5.84 Å². The molecule has 0 saturated heterocycles. The van der Waals surface area contributed by atoms with Crippen LogP contribution in [0.4, 0.5) is 0 Å². The molecule has 1 unspecified atom stereocenters. The summed E-state index contributed by atoms with van der Waals surface area (Å²) in [4.78, 5) is 0. The van der Waals surface area contributed by atoms with Crippen LogP contribution < -0.4 is 20.7 Å². The highest BCUT2D eigenvalue weighted by atomic mass is 16.5. The monoisotopic (exact) mass is 286 g/mol. The largest absolute Gasteiger partial charge is 0.496 e. The zero-order valence-corrected chi connectivity index (χ0v) is 12.9. The van der Waals surface area contributed by atoms with E-state index in [0.29, 0.717) is 0 Å². The third-order valence-electron chi connectivity index (χ3n) is 3.79. The normalized spacial score (nSPS) is 12.0. The molecule has 0 aliphatic heterocycles. The second kappa shape index (κ2) is 6.61. The molecule has 0 aliphatic carbocycles. The third kappa shape index (κ3) is 3.01. The molecule has 4 heteroatoms. The minimum absolute atomic E-state index is 0.199. The highest BCUT2D eigenvalue weighted by molar-refractivity contribution is 5.51. The summed E-state index contributed by atoms with van der Waals surface area (Å²) >= 11 is 0. The van der Waals surface area contributed by atoms with Gasteiger partial charge in [-0.15, -0.1) is 0 Å². The number of benzene rings is 2. The summed E-state index contributed by atoms with van der Waals surface area (Å²) in [6.45, 7) is 4.18. The molecule has 1 atom stereocenters. The van der Waals surface area contributed by atoms with Gasteiger partial charge in [0.25, 0.3) is 0 Å². The predicted molar refractivity (Wildman–Crippen MR) is 84.6 cm³/mol. The molecule has 2 aromatic carbocycles. The molecule has 0 heterocycles. The topological polar surface area (TPSA) is 56.5 Å². The van der Waals surface area contributed by atoms with Crippen LogP contribution in [0.5, 0.6) is 11.5 Å². The Balaban J connectivity index is 2.57. The van der Waals surface area contributed by atoms with E-state index in [1.807, 2.05) is 18.2 Å². The average Bonchev–Trinajstić information content (AvgIpc) is 2.51. The molecule has 2 rings (SSSR count). The van der Waals surface area contributed by atoms with Crippen molar-refractivity contribution < 1.29 is 9.47 Å². The van der Waals surface area contributed by atoms with Crippen LogP contribution in [0.15, 0.2) is 36.4 Å². The Kier molecular flexibility index (Phi) is 4.83. The van der Waals surface area contributed by atoms with Gasteiger partial charge in [0.15, 0.2) is 0 Å². The number of hydrogen-bond acceptors (Lipinski definition) is 4. The van der Waals surface area contributed by atoms with E-state index in [1.165, 1.54) is 11.1 Å². The molecule has 0 spiro atoms. The zero-order chi connectivity index (χ0) is 15.4. The van der Waals surface area contributed by atoms with Crippen molar-refractivity contribution in [2.75, 3.05) is 14.2 Å². The molecule has 4 nitrogen and oxygen atoms in total. The maximum absolute atomic E-state index is 5.81. The first-order valence-electron chi connectivity index (χ1n) is 6.86. The van der Waals surface area contributed by atoms with Gasteiger partial charge in [0.2, 0.25) is 0 Å². The first kappa shape index (κ1) is 15.4. The summed E-state index contributed by atoms with van der Waals surface area (Å²) in [6, 6.07) is 11.8. The summed E-state index contributed by atoms with van der Waals surface area (Å²) in [6.07, 6.45) is 0. The number of aryl methyl sites for hydroxylation is 2. The molecular weight excluding hydrogens is 264 g/mol. The second-order valence-electron chi connectivity index (χ2n) is 5.02. The zero-order valence-electron chi connectivity index (χ0n) is 12.9.